The monoisotopic (exact) mass is 278 g/mol. The first kappa shape index (κ1) is 14.9. The fraction of sp³-hybridized carbons (Fsp3) is 0.600. The summed E-state index contributed by atoms with van der Waals surface area (Å²) in [5, 5.41) is 0. The van der Waals surface area contributed by atoms with Crippen LogP contribution in [0.5, 0.6) is 0 Å². The van der Waals surface area contributed by atoms with Gasteiger partial charge in [0, 0.05) is 26.4 Å². The van der Waals surface area contributed by atoms with Gasteiger partial charge in [-0.1, -0.05) is 6.07 Å². The third kappa shape index (κ3) is 3.35. The van der Waals surface area contributed by atoms with Gasteiger partial charge in [0.2, 0.25) is 0 Å². The highest BCUT2D eigenvalue weighted by atomic mass is 16.5. The molecule has 1 saturated heterocycles. The quantitative estimate of drug-likeness (QED) is 0.843. The number of pyridine rings is 1. The summed E-state index contributed by atoms with van der Waals surface area (Å²) in [5.74, 6) is -0.0411. The molecule has 0 spiro atoms. The van der Waals surface area contributed by atoms with Gasteiger partial charge in [-0.15, -0.1) is 0 Å². The second-order valence-electron chi connectivity index (χ2n) is 5.81. The largest absolute Gasteiger partial charge is 0.382 e. The van der Waals surface area contributed by atoms with Crippen molar-refractivity contribution in [2.75, 3.05) is 26.8 Å². The number of aromatic nitrogens is 1. The summed E-state index contributed by atoms with van der Waals surface area (Å²) in [4.78, 5) is 18.6. The predicted molar refractivity (Wildman–Crippen MR) is 75.7 cm³/mol. The molecule has 1 atom stereocenters. The Balaban J connectivity index is 2.18. The Morgan fingerprint density at radius 2 is 2.35 bits per heavy atom. The lowest BCUT2D eigenvalue weighted by atomic mass is 10.0. The van der Waals surface area contributed by atoms with Crippen molar-refractivity contribution in [1.82, 2.24) is 9.88 Å². The number of hydrogen-bond donors (Lipinski definition) is 0. The van der Waals surface area contributed by atoms with Crippen LogP contribution >= 0.6 is 0 Å². The normalized spacial score (nSPS) is 21.8. The van der Waals surface area contributed by atoms with Crippen LogP contribution in [0.1, 0.15) is 29.9 Å². The first-order chi connectivity index (χ1) is 9.43. The molecule has 0 bridgehead atoms. The maximum atomic E-state index is 12.6. The fourth-order valence-corrected chi connectivity index (χ4v) is 2.58. The number of hydrogen-bond acceptors (Lipinski definition) is 4. The molecule has 20 heavy (non-hydrogen) atoms. The molecule has 1 aliphatic rings. The molecule has 1 unspecified atom stereocenters. The maximum absolute atomic E-state index is 12.6. The van der Waals surface area contributed by atoms with Crippen molar-refractivity contribution >= 4 is 5.91 Å². The molecule has 5 heteroatoms. The Morgan fingerprint density at radius 3 is 3.00 bits per heavy atom. The van der Waals surface area contributed by atoms with Crippen molar-refractivity contribution in [2.45, 2.75) is 32.5 Å². The number of aryl methyl sites for hydroxylation is 1. The lowest BCUT2D eigenvalue weighted by Gasteiger charge is -2.42. The van der Waals surface area contributed by atoms with Crippen LogP contribution in [0.3, 0.4) is 0 Å². The second-order valence-corrected chi connectivity index (χ2v) is 5.81. The van der Waals surface area contributed by atoms with E-state index < -0.39 is 0 Å². The summed E-state index contributed by atoms with van der Waals surface area (Å²) in [7, 11) is 1.64. The average molecular weight is 278 g/mol. The molecule has 110 valence electrons. The van der Waals surface area contributed by atoms with Crippen molar-refractivity contribution in [3.63, 3.8) is 0 Å². The molecule has 1 fully saturated rings. The second kappa shape index (κ2) is 5.89. The van der Waals surface area contributed by atoms with Gasteiger partial charge in [-0.3, -0.25) is 9.78 Å². The van der Waals surface area contributed by atoms with Crippen LogP contribution < -0.4 is 0 Å². The topological polar surface area (TPSA) is 51.7 Å². The van der Waals surface area contributed by atoms with Crippen LogP contribution in [0, 0.1) is 6.92 Å². The summed E-state index contributed by atoms with van der Waals surface area (Å²) < 4.78 is 11.1. The summed E-state index contributed by atoms with van der Waals surface area (Å²) in [6.07, 6.45) is 1.55. The maximum Gasteiger partial charge on any atom is 0.272 e. The zero-order valence-corrected chi connectivity index (χ0v) is 12.5. The van der Waals surface area contributed by atoms with E-state index in [1.165, 1.54) is 0 Å². The number of rotatable bonds is 3. The minimum atomic E-state index is -0.375. The van der Waals surface area contributed by atoms with Crippen LogP contribution in [-0.4, -0.2) is 54.3 Å². The summed E-state index contributed by atoms with van der Waals surface area (Å²) in [5.41, 5.74) is 1.03. The highest BCUT2D eigenvalue weighted by Gasteiger charge is 2.36. The van der Waals surface area contributed by atoms with Gasteiger partial charge < -0.3 is 14.4 Å². The molecule has 0 radical (unpaired) electrons. The fourth-order valence-electron chi connectivity index (χ4n) is 2.58. The molecular weight excluding hydrogens is 256 g/mol. The molecule has 1 aromatic heterocycles. The van der Waals surface area contributed by atoms with Gasteiger partial charge in [0.25, 0.3) is 5.91 Å². The number of carbonyl (C=O) groups excluding carboxylic acids is 1. The van der Waals surface area contributed by atoms with E-state index in [-0.39, 0.29) is 17.6 Å². The Bertz CT molecular complexity index is 488. The van der Waals surface area contributed by atoms with Crippen LogP contribution in [0.25, 0.3) is 0 Å². The third-order valence-electron chi connectivity index (χ3n) is 3.33. The number of amides is 1. The van der Waals surface area contributed by atoms with Gasteiger partial charge in [0.05, 0.1) is 18.3 Å². The minimum absolute atomic E-state index is 0.0411. The Hall–Kier alpha value is -1.46. The number of carbonyl (C=O) groups is 1. The van der Waals surface area contributed by atoms with E-state index >= 15 is 0 Å². The number of methoxy groups -OCH3 is 1. The zero-order chi connectivity index (χ0) is 14.8. The highest BCUT2D eigenvalue weighted by Crippen LogP contribution is 2.23. The summed E-state index contributed by atoms with van der Waals surface area (Å²) in [6.45, 7) is 7.45. The molecule has 0 N–H and O–H groups in total. The van der Waals surface area contributed by atoms with Crippen molar-refractivity contribution in [1.29, 1.82) is 0 Å². The van der Waals surface area contributed by atoms with E-state index in [1.54, 1.807) is 13.3 Å². The predicted octanol–water partition coefficient (Wildman–Crippen LogP) is 1.66. The van der Waals surface area contributed by atoms with Crippen LogP contribution in [0.2, 0.25) is 0 Å². The van der Waals surface area contributed by atoms with Gasteiger partial charge in [-0.05, 0) is 32.4 Å². The molecule has 5 nitrogen and oxygen atoms in total. The van der Waals surface area contributed by atoms with E-state index in [0.29, 0.717) is 25.4 Å². The zero-order valence-electron chi connectivity index (χ0n) is 12.5. The van der Waals surface area contributed by atoms with Crippen molar-refractivity contribution in [2.24, 2.45) is 0 Å². The SMILES string of the molecule is COCC1CN(C(=O)c2ncccc2C)CC(C)(C)O1. The molecular formula is C15H22N2O3. The molecule has 1 aromatic rings. The molecule has 2 heterocycles. The Labute approximate surface area is 119 Å². The third-order valence-corrected chi connectivity index (χ3v) is 3.33. The van der Waals surface area contributed by atoms with Crippen LogP contribution in [0.15, 0.2) is 18.3 Å². The van der Waals surface area contributed by atoms with Gasteiger partial charge in [0.1, 0.15) is 5.69 Å². The molecule has 0 aromatic carbocycles. The lowest BCUT2D eigenvalue weighted by molar-refractivity contribution is -0.143. The average Bonchev–Trinajstić information content (AvgIpc) is 2.37. The standard InChI is InChI=1S/C15H22N2O3/c1-11-6-5-7-16-13(11)14(18)17-8-12(9-19-4)20-15(2,3)10-17/h5-7,12H,8-10H2,1-4H3. The van der Waals surface area contributed by atoms with Crippen molar-refractivity contribution in [3.05, 3.63) is 29.6 Å². The summed E-state index contributed by atoms with van der Waals surface area (Å²) >= 11 is 0. The van der Waals surface area contributed by atoms with Crippen LogP contribution in [0.4, 0.5) is 0 Å². The highest BCUT2D eigenvalue weighted by molar-refractivity contribution is 5.93. The van der Waals surface area contributed by atoms with Gasteiger partial charge in [-0.2, -0.15) is 0 Å². The molecule has 1 aliphatic heterocycles. The number of morpholine rings is 1. The number of nitrogens with zero attached hydrogens (tertiary/aromatic N) is 2. The molecule has 0 saturated carbocycles. The first-order valence-corrected chi connectivity index (χ1v) is 6.80. The van der Waals surface area contributed by atoms with E-state index in [9.17, 15) is 4.79 Å². The molecule has 2 rings (SSSR count). The Morgan fingerprint density at radius 1 is 1.60 bits per heavy atom. The van der Waals surface area contributed by atoms with Crippen molar-refractivity contribution < 1.29 is 14.3 Å². The molecule has 1 amide bonds. The summed E-state index contributed by atoms with van der Waals surface area (Å²) in [6, 6.07) is 3.74. The van der Waals surface area contributed by atoms with Crippen molar-refractivity contribution in [3.8, 4) is 0 Å². The van der Waals surface area contributed by atoms with Gasteiger partial charge in [0.15, 0.2) is 0 Å². The first-order valence-electron chi connectivity index (χ1n) is 6.80. The Kier molecular flexibility index (Phi) is 4.40. The van der Waals surface area contributed by atoms with Crippen LogP contribution in [-0.2, 0) is 9.47 Å². The number of ether oxygens (including phenoxy) is 2. The van der Waals surface area contributed by atoms with Gasteiger partial charge >= 0.3 is 0 Å². The molecule has 0 aliphatic carbocycles. The van der Waals surface area contributed by atoms with E-state index in [4.69, 9.17) is 9.47 Å². The van der Waals surface area contributed by atoms with Gasteiger partial charge in [-0.25, -0.2) is 0 Å². The smallest absolute Gasteiger partial charge is 0.272 e. The van der Waals surface area contributed by atoms with E-state index in [0.717, 1.165) is 5.56 Å². The van der Waals surface area contributed by atoms with E-state index in [1.807, 2.05) is 37.8 Å². The lowest BCUT2D eigenvalue weighted by Crippen LogP contribution is -2.55. The van der Waals surface area contributed by atoms with E-state index in [2.05, 4.69) is 4.98 Å². The minimum Gasteiger partial charge on any atom is -0.382 e.